The highest BCUT2D eigenvalue weighted by Crippen LogP contribution is 2.35. The van der Waals surface area contributed by atoms with Crippen LogP contribution in [0.25, 0.3) is 5.57 Å². The van der Waals surface area contributed by atoms with E-state index >= 15 is 0 Å². The second-order valence-electron chi connectivity index (χ2n) is 6.71. The molecule has 4 rings (SSSR count). The molecule has 0 aromatic heterocycles. The maximum atomic E-state index is 13.8. The molecule has 0 aliphatic carbocycles. The van der Waals surface area contributed by atoms with Gasteiger partial charge in [-0.3, -0.25) is 9.59 Å². The Bertz CT molecular complexity index is 965. The summed E-state index contributed by atoms with van der Waals surface area (Å²) >= 11 is 0. The molecule has 6 nitrogen and oxygen atoms in total. The Balaban J connectivity index is 1.78. The fourth-order valence-electron chi connectivity index (χ4n) is 3.59. The predicted molar refractivity (Wildman–Crippen MR) is 106 cm³/mol. The molecule has 0 spiro atoms. The van der Waals surface area contributed by atoms with Crippen LogP contribution >= 0.6 is 0 Å². The second-order valence-corrected chi connectivity index (χ2v) is 6.71. The molecule has 0 N–H and O–H groups in total. The van der Waals surface area contributed by atoms with Crippen LogP contribution in [-0.4, -0.2) is 49.6 Å². The molecule has 0 atom stereocenters. The topological polar surface area (TPSA) is 59.1 Å². The lowest BCUT2D eigenvalue weighted by Gasteiger charge is -2.29. The van der Waals surface area contributed by atoms with Gasteiger partial charge in [0.15, 0.2) is 0 Å². The molecule has 2 aliphatic rings. The number of morpholine rings is 1. The van der Waals surface area contributed by atoms with Crippen molar-refractivity contribution in [3.63, 3.8) is 0 Å². The number of carbonyl (C=O) groups excluding carboxylic acids is 2. The number of benzene rings is 2. The predicted octanol–water partition coefficient (Wildman–Crippen LogP) is 2.84. The molecule has 29 heavy (non-hydrogen) atoms. The fourth-order valence-corrected chi connectivity index (χ4v) is 3.59. The van der Waals surface area contributed by atoms with Crippen molar-refractivity contribution >= 4 is 23.1 Å². The summed E-state index contributed by atoms with van der Waals surface area (Å²) in [5.74, 6) is -0.744. The average molecular weight is 396 g/mol. The van der Waals surface area contributed by atoms with Gasteiger partial charge in [-0.25, -0.2) is 9.29 Å². The largest absolute Gasteiger partial charge is 0.494 e. The highest BCUT2D eigenvalue weighted by atomic mass is 19.1. The minimum atomic E-state index is -0.509. The zero-order chi connectivity index (χ0) is 20.4. The van der Waals surface area contributed by atoms with E-state index in [4.69, 9.17) is 9.47 Å². The summed E-state index contributed by atoms with van der Waals surface area (Å²) in [7, 11) is 0. The highest BCUT2D eigenvalue weighted by Gasteiger charge is 2.42. The summed E-state index contributed by atoms with van der Waals surface area (Å²) in [6, 6.07) is 12.6. The van der Waals surface area contributed by atoms with Crippen molar-refractivity contribution < 1.29 is 23.5 Å². The van der Waals surface area contributed by atoms with Crippen molar-refractivity contribution in [2.75, 3.05) is 37.8 Å². The summed E-state index contributed by atoms with van der Waals surface area (Å²) in [5.41, 5.74) is 1.47. The summed E-state index contributed by atoms with van der Waals surface area (Å²) in [6.45, 7) is 4.38. The molecule has 0 bridgehead atoms. The number of ether oxygens (including phenoxy) is 2. The number of nitrogens with zero attached hydrogens (tertiary/aromatic N) is 2. The van der Waals surface area contributed by atoms with Gasteiger partial charge in [0, 0.05) is 13.1 Å². The monoisotopic (exact) mass is 396 g/mol. The first-order valence-corrected chi connectivity index (χ1v) is 9.54. The number of anilines is 1. The Morgan fingerprint density at radius 3 is 2.41 bits per heavy atom. The van der Waals surface area contributed by atoms with Crippen molar-refractivity contribution in [3.8, 4) is 5.75 Å². The zero-order valence-electron chi connectivity index (χ0n) is 16.1. The number of hydrogen-bond acceptors (Lipinski definition) is 5. The molecule has 2 aromatic carbocycles. The van der Waals surface area contributed by atoms with Crippen LogP contribution in [0.1, 0.15) is 12.5 Å². The van der Waals surface area contributed by atoms with Gasteiger partial charge in [0.25, 0.3) is 11.8 Å². The van der Waals surface area contributed by atoms with Crippen LogP contribution in [0.2, 0.25) is 0 Å². The third-order valence-electron chi connectivity index (χ3n) is 4.91. The smallest absolute Gasteiger partial charge is 0.282 e. The van der Waals surface area contributed by atoms with E-state index in [9.17, 15) is 14.0 Å². The van der Waals surface area contributed by atoms with Crippen LogP contribution < -0.4 is 9.64 Å². The van der Waals surface area contributed by atoms with E-state index in [1.165, 1.54) is 18.2 Å². The van der Waals surface area contributed by atoms with Crippen LogP contribution in [0, 0.1) is 5.82 Å². The molecule has 0 saturated carbocycles. The molecular weight excluding hydrogens is 375 g/mol. The molecule has 2 aromatic rings. The molecule has 1 fully saturated rings. The minimum absolute atomic E-state index is 0.215. The molecular formula is C22H21FN2O4. The van der Waals surface area contributed by atoms with Gasteiger partial charge >= 0.3 is 0 Å². The van der Waals surface area contributed by atoms with E-state index in [-0.39, 0.29) is 5.69 Å². The van der Waals surface area contributed by atoms with Gasteiger partial charge in [-0.1, -0.05) is 18.2 Å². The van der Waals surface area contributed by atoms with Gasteiger partial charge in [0.05, 0.1) is 31.1 Å². The van der Waals surface area contributed by atoms with E-state index in [2.05, 4.69) is 0 Å². The third kappa shape index (κ3) is 3.61. The van der Waals surface area contributed by atoms with Crippen molar-refractivity contribution in [1.82, 2.24) is 4.90 Å². The average Bonchev–Trinajstić information content (AvgIpc) is 2.99. The highest BCUT2D eigenvalue weighted by molar-refractivity contribution is 6.45. The van der Waals surface area contributed by atoms with E-state index in [0.29, 0.717) is 55.5 Å². The summed E-state index contributed by atoms with van der Waals surface area (Å²) in [5, 5.41) is 0. The molecule has 0 radical (unpaired) electrons. The number of carbonyl (C=O) groups is 2. The van der Waals surface area contributed by atoms with E-state index in [1.807, 2.05) is 11.8 Å². The molecule has 2 heterocycles. The third-order valence-corrected chi connectivity index (χ3v) is 4.91. The van der Waals surface area contributed by atoms with Gasteiger partial charge in [-0.15, -0.1) is 0 Å². The summed E-state index contributed by atoms with van der Waals surface area (Å²) < 4.78 is 24.6. The normalized spacial score (nSPS) is 17.3. The standard InChI is InChI=1S/C22H21FN2O4/c1-2-29-18-8-6-15(7-9-18)19-20(24-10-12-28-13-11-24)22(27)25(21(19)26)17-5-3-4-16(23)14-17/h3-9,14H,2,10-13H2,1H3. The number of halogens is 1. The van der Waals surface area contributed by atoms with Gasteiger partial charge in [-0.2, -0.15) is 0 Å². The van der Waals surface area contributed by atoms with Crippen LogP contribution in [0.4, 0.5) is 10.1 Å². The van der Waals surface area contributed by atoms with E-state index < -0.39 is 17.6 Å². The van der Waals surface area contributed by atoms with Crippen molar-refractivity contribution in [1.29, 1.82) is 0 Å². The Morgan fingerprint density at radius 2 is 1.76 bits per heavy atom. The second kappa shape index (κ2) is 8.05. The lowest BCUT2D eigenvalue weighted by atomic mass is 10.0. The van der Waals surface area contributed by atoms with Gasteiger partial charge < -0.3 is 14.4 Å². The molecule has 1 saturated heterocycles. The Labute approximate surface area is 168 Å². The van der Waals surface area contributed by atoms with Crippen molar-refractivity contribution in [2.24, 2.45) is 0 Å². The molecule has 0 unspecified atom stereocenters. The van der Waals surface area contributed by atoms with Crippen LogP contribution in [-0.2, 0) is 14.3 Å². The van der Waals surface area contributed by atoms with E-state index in [0.717, 1.165) is 4.90 Å². The van der Waals surface area contributed by atoms with Crippen molar-refractivity contribution in [3.05, 3.63) is 65.6 Å². The number of amides is 2. The summed E-state index contributed by atoms with van der Waals surface area (Å²) in [4.78, 5) is 29.5. The maximum absolute atomic E-state index is 13.8. The molecule has 150 valence electrons. The fraction of sp³-hybridized carbons (Fsp3) is 0.273. The van der Waals surface area contributed by atoms with Gasteiger partial charge in [-0.05, 0) is 42.8 Å². The lowest BCUT2D eigenvalue weighted by molar-refractivity contribution is -0.121. The Morgan fingerprint density at radius 1 is 1.03 bits per heavy atom. The quantitative estimate of drug-likeness (QED) is 0.728. The number of hydrogen-bond donors (Lipinski definition) is 0. The minimum Gasteiger partial charge on any atom is -0.494 e. The first-order valence-electron chi connectivity index (χ1n) is 9.54. The molecule has 2 aliphatic heterocycles. The first kappa shape index (κ1) is 19.1. The van der Waals surface area contributed by atoms with Crippen LogP contribution in [0.3, 0.4) is 0 Å². The number of imide groups is 1. The van der Waals surface area contributed by atoms with Crippen LogP contribution in [0.15, 0.2) is 54.2 Å². The summed E-state index contributed by atoms with van der Waals surface area (Å²) in [6.07, 6.45) is 0. The van der Waals surface area contributed by atoms with Gasteiger partial charge in [0.1, 0.15) is 17.3 Å². The SMILES string of the molecule is CCOc1ccc(C2=C(N3CCOCC3)C(=O)N(c3cccc(F)c3)C2=O)cc1. The van der Waals surface area contributed by atoms with Crippen molar-refractivity contribution in [2.45, 2.75) is 6.92 Å². The Kier molecular flexibility index (Phi) is 5.31. The first-order chi connectivity index (χ1) is 14.1. The van der Waals surface area contributed by atoms with Gasteiger partial charge in [0.2, 0.25) is 0 Å². The Hall–Kier alpha value is -3.19. The number of rotatable bonds is 5. The lowest BCUT2D eigenvalue weighted by Crippen LogP contribution is -2.40. The molecule has 2 amide bonds. The van der Waals surface area contributed by atoms with Crippen LogP contribution in [0.5, 0.6) is 5.75 Å². The maximum Gasteiger partial charge on any atom is 0.282 e. The van der Waals surface area contributed by atoms with E-state index in [1.54, 1.807) is 30.3 Å². The zero-order valence-corrected chi connectivity index (χ0v) is 16.1. The molecule has 7 heteroatoms.